The lowest BCUT2D eigenvalue weighted by atomic mass is 9.80. The van der Waals surface area contributed by atoms with E-state index in [2.05, 4.69) is 0 Å². The average Bonchev–Trinajstić information content (AvgIpc) is 2.99. The standard InChI is InChI=1S/C32H31O7PS/c1-41(34,35)39-30-22-23-40(33,37-24-26-14-6-2-7-15-26)38-31(30)25-36-32(27-16-8-3-9-17-27,28-18-10-4-11-19-28)29-20-12-5-13-21-29/h2-23,30-31H,24-25H2,1H3/t30-,31+,40+/m0/s1. The van der Waals surface area contributed by atoms with Crippen LogP contribution in [-0.4, -0.2) is 33.5 Å². The van der Waals surface area contributed by atoms with E-state index >= 15 is 0 Å². The molecule has 0 aromatic heterocycles. The van der Waals surface area contributed by atoms with Gasteiger partial charge in [-0.15, -0.1) is 0 Å². The summed E-state index contributed by atoms with van der Waals surface area (Å²) >= 11 is 0. The van der Waals surface area contributed by atoms with Gasteiger partial charge in [-0.25, -0.2) is 0 Å². The topological polar surface area (TPSA) is 88.1 Å². The largest absolute Gasteiger partial charge is 0.358 e. The van der Waals surface area contributed by atoms with Gasteiger partial charge in [0.2, 0.25) is 0 Å². The molecule has 7 nitrogen and oxygen atoms in total. The van der Waals surface area contributed by atoms with Crippen molar-refractivity contribution >= 4 is 17.7 Å². The SMILES string of the molecule is CS(=O)(=O)O[C@H]1C=C[P@@](=O)(OCc2ccccc2)O[C@@H]1COC(c1ccccc1)(c1ccccc1)c1ccccc1. The third kappa shape index (κ3) is 7.11. The van der Waals surface area contributed by atoms with Gasteiger partial charge in [-0.05, 0) is 28.3 Å². The van der Waals surface area contributed by atoms with Crippen molar-refractivity contribution in [3.63, 3.8) is 0 Å². The zero-order valence-electron chi connectivity index (χ0n) is 22.5. The first-order valence-electron chi connectivity index (χ1n) is 13.1. The van der Waals surface area contributed by atoms with Crippen molar-refractivity contribution in [3.05, 3.63) is 155 Å². The van der Waals surface area contributed by atoms with Gasteiger partial charge < -0.3 is 9.26 Å². The lowest BCUT2D eigenvalue weighted by Gasteiger charge is -2.38. The van der Waals surface area contributed by atoms with E-state index in [4.69, 9.17) is 18.0 Å². The van der Waals surface area contributed by atoms with E-state index in [9.17, 15) is 13.0 Å². The summed E-state index contributed by atoms with van der Waals surface area (Å²) in [4.78, 5) is 0. The Morgan fingerprint density at radius 1 is 0.756 bits per heavy atom. The number of benzene rings is 4. The maximum Gasteiger partial charge on any atom is 0.354 e. The Morgan fingerprint density at radius 3 is 1.68 bits per heavy atom. The Labute approximate surface area is 241 Å². The zero-order chi connectivity index (χ0) is 28.8. The first-order chi connectivity index (χ1) is 19.8. The summed E-state index contributed by atoms with van der Waals surface area (Å²) in [5.41, 5.74) is 2.28. The molecule has 5 rings (SSSR count). The maximum atomic E-state index is 13.7. The molecule has 212 valence electrons. The molecule has 0 aliphatic carbocycles. The monoisotopic (exact) mass is 590 g/mol. The molecular weight excluding hydrogens is 559 g/mol. The molecule has 4 aromatic carbocycles. The van der Waals surface area contributed by atoms with Gasteiger partial charge in [0.15, 0.2) is 0 Å². The normalized spacial score (nSPS) is 21.0. The first kappa shape index (κ1) is 29.1. The molecule has 0 saturated carbocycles. The highest BCUT2D eigenvalue weighted by atomic mass is 32.2. The second kappa shape index (κ2) is 12.7. The van der Waals surface area contributed by atoms with Gasteiger partial charge in [-0.1, -0.05) is 121 Å². The average molecular weight is 591 g/mol. The molecule has 0 unspecified atom stereocenters. The lowest BCUT2D eigenvalue weighted by Crippen LogP contribution is -2.41. The number of hydrogen-bond acceptors (Lipinski definition) is 7. The number of rotatable bonds is 11. The van der Waals surface area contributed by atoms with Crippen molar-refractivity contribution in [2.75, 3.05) is 12.9 Å². The molecule has 0 amide bonds. The molecule has 0 bridgehead atoms. The zero-order valence-corrected chi connectivity index (χ0v) is 24.2. The Balaban J connectivity index is 1.51. The van der Waals surface area contributed by atoms with Crippen LogP contribution in [0.1, 0.15) is 22.3 Å². The summed E-state index contributed by atoms with van der Waals surface area (Å²) < 4.78 is 61.8. The molecule has 1 aliphatic rings. The molecular formula is C32H31O7PS. The molecule has 0 spiro atoms. The van der Waals surface area contributed by atoms with E-state index in [1.165, 1.54) is 11.9 Å². The van der Waals surface area contributed by atoms with Gasteiger partial charge in [0.25, 0.3) is 10.1 Å². The van der Waals surface area contributed by atoms with Crippen LogP contribution in [0.15, 0.2) is 133 Å². The smallest absolute Gasteiger partial charge is 0.354 e. The Morgan fingerprint density at radius 2 is 1.22 bits per heavy atom. The Hall–Kier alpha value is -3.36. The molecule has 0 fully saturated rings. The maximum absolute atomic E-state index is 13.7. The molecule has 0 saturated heterocycles. The predicted octanol–water partition coefficient (Wildman–Crippen LogP) is 6.66. The summed E-state index contributed by atoms with van der Waals surface area (Å²) in [6.45, 7) is -0.114. The van der Waals surface area contributed by atoms with Gasteiger partial charge in [-0.2, -0.15) is 8.42 Å². The van der Waals surface area contributed by atoms with E-state index in [0.717, 1.165) is 28.5 Å². The molecule has 4 aromatic rings. The second-order valence-electron chi connectivity index (χ2n) is 9.64. The molecule has 41 heavy (non-hydrogen) atoms. The highest BCUT2D eigenvalue weighted by Crippen LogP contribution is 2.55. The minimum atomic E-state index is -3.88. The van der Waals surface area contributed by atoms with Crippen LogP contribution in [-0.2, 0) is 44.9 Å². The molecule has 1 heterocycles. The van der Waals surface area contributed by atoms with Crippen molar-refractivity contribution < 1.29 is 31.0 Å². The summed E-state index contributed by atoms with van der Waals surface area (Å²) in [5, 5.41) is 0. The van der Waals surface area contributed by atoms with Gasteiger partial charge >= 0.3 is 7.60 Å². The van der Waals surface area contributed by atoms with Gasteiger partial charge in [-0.3, -0.25) is 13.3 Å². The van der Waals surface area contributed by atoms with Gasteiger partial charge in [0, 0.05) is 5.82 Å². The molecule has 3 atom stereocenters. The minimum Gasteiger partial charge on any atom is -0.358 e. The second-order valence-corrected chi connectivity index (χ2v) is 13.1. The first-order valence-corrected chi connectivity index (χ1v) is 16.5. The van der Waals surface area contributed by atoms with E-state index in [-0.39, 0.29) is 13.2 Å². The third-order valence-electron chi connectivity index (χ3n) is 6.65. The minimum absolute atomic E-state index is 0.0512. The fraction of sp³-hybridized carbons (Fsp3) is 0.188. The van der Waals surface area contributed by atoms with Gasteiger partial charge in [0.05, 0.1) is 19.5 Å². The molecule has 9 heteroatoms. The van der Waals surface area contributed by atoms with Crippen LogP contribution in [0.3, 0.4) is 0 Å². The van der Waals surface area contributed by atoms with Crippen molar-refractivity contribution in [2.45, 2.75) is 24.4 Å². The van der Waals surface area contributed by atoms with E-state index in [0.29, 0.717) is 0 Å². The van der Waals surface area contributed by atoms with Crippen molar-refractivity contribution in [1.29, 1.82) is 0 Å². The quantitative estimate of drug-likeness (QED) is 0.110. The van der Waals surface area contributed by atoms with E-state index in [1.54, 1.807) is 0 Å². The van der Waals surface area contributed by atoms with Crippen LogP contribution in [0.2, 0.25) is 0 Å². The molecule has 0 N–H and O–H groups in total. The predicted molar refractivity (Wildman–Crippen MR) is 158 cm³/mol. The van der Waals surface area contributed by atoms with Crippen LogP contribution < -0.4 is 0 Å². The lowest BCUT2D eigenvalue weighted by molar-refractivity contribution is -0.0577. The fourth-order valence-corrected chi connectivity index (χ4v) is 6.88. The van der Waals surface area contributed by atoms with Crippen molar-refractivity contribution in [1.82, 2.24) is 0 Å². The highest BCUT2D eigenvalue weighted by molar-refractivity contribution is 7.86. The van der Waals surface area contributed by atoms with Crippen molar-refractivity contribution in [2.24, 2.45) is 0 Å². The molecule has 1 aliphatic heterocycles. The Kier molecular flexibility index (Phi) is 9.00. The van der Waals surface area contributed by atoms with Crippen LogP contribution in [0.25, 0.3) is 0 Å². The number of hydrogen-bond donors (Lipinski definition) is 0. The summed E-state index contributed by atoms with van der Waals surface area (Å²) in [5.74, 6) is 1.25. The van der Waals surface area contributed by atoms with Crippen LogP contribution in [0.5, 0.6) is 0 Å². The van der Waals surface area contributed by atoms with Crippen LogP contribution in [0.4, 0.5) is 0 Å². The van der Waals surface area contributed by atoms with Gasteiger partial charge in [0.1, 0.15) is 17.8 Å². The summed E-state index contributed by atoms with van der Waals surface area (Å²) in [6, 6.07) is 38.5. The number of ether oxygens (including phenoxy) is 1. The highest BCUT2D eigenvalue weighted by Gasteiger charge is 2.42. The summed E-state index contributed by atoms with van der Waals surface area (Å²) in [7, 11) is -7.65. The molecule has 0 radical (unpaired) electrons. The van der Waals surface area contributed by atoms with E-state index in [1.807, 2.05) is 121 Å². The Bertz CT molecular complexity index is 1500. The van der Waals surface area contributed by atoms with Crippen LogP contribution in [0, 0.1) is 0 Å². The van der Waals surface area contributed by atoms with Crippen molar-refractivity contribution in [3.8, 4) is 0 Å². The fourth-order valence-electron chi connectivity index (χ4n) is 4.81. The van der Waals surface area contributed by atoms with Crippen LogP contribution >= 0.6 is 7.60 Å². The summed E-state index contributed by atoms with van der Waals surface area (Å²) in [6.07, 6.45) is 0.236. The van der Waals surface area contributed by atoms with E-state index < -0.39 is 35.5 Å². The third-order valence-corrected chi connectivity index (χ3v) is 8.81.